The average molecular weight is 339 g/mol. The smallest absolute Gasteiger partial charge is 0.129 e. The maximum absolute atomic E-state index is 14.0. The van der Waals surface area contributed by atoms with Crippen molar-refractivity contribution >= 4 is 0 Å². The summed E-state index contributed by atoms with van der Waals surface area (Å²) in [5.41, 5.74) is 2.64. The van der Waals surface area contributed by atoms with Crippen LogP contribution in [0.3, 0.4) is 0 Å². The summed E-state index contributed by atoms with van der Waals surface area (Å²) in [6.45, 7) is 4.52. The van der Waals surface area contributed by atoms with Crippen LogP contribution in [0.1, 0.15) is 47.9 Å². The summed E-state index contributed by atoms with van der Waals surface area (Å²) in [7, 11) is 0. The van der Waals surface area contributed by atoms with Crippen molar-refractivity contribution < 1.29 is 9.50 Å². The molecule has 2 fully saturated rings. The van der Waals surface area contributed by atoms with Gasteiger partial charge in [0.2, 0.25) is 0 Å². The van der Waals surface area contributed by atoms with Gasteiger partial charge in [-0.15, -0.1) is 0 Å². The van der Waals surface area contributed by atoms with E-state index in [-0.39, 0.29) is 5.82 Å². The van der Waals surface area contributed by atoms with Gasteiger partial charge >= 0.3 is 0 Å². The Morgan fingerprint density at radius 1 is 1.04 bits per heavy atom. The summed E-state index contributed by atoms with van der Waals surface area (Å²) < 4.78 is 14.0. The summed E-state index contributed by atoms with van der Waals surface area (Å²) in [6, 6.07) is 15.0. The largest absolute Gasteiger partial charge is 0.385 e. The number of aryl methyl sites for hydroxylation is 2. The van der Waals surface area contributed by atoms with E-state index in [9.17, 15) is 9.50 Å². The molecule has 0 aliphatic carbocycles. The third kappa shape index (κ3) is 3.00. The number of fused-ring (bicyclic) bond motifs is 2. The van der Waals surface area contributed by atoms with E-state index in [1.807, 2.05) is 18.2 Å². The van der Waals surface area contributed by atoms with Crippen molar-refractivity contribution in [1.82, 2.24) is 4.90 Å². The van der Waals surface area contributed by atoms with Gasteiger partial charge in [0.15, 0.2) is 0 Å². The molecule has 2 heterocycles. The molecule has 2 bridgehead atoms. The van der Waals surface area contributed by atoms with Crippen molar-refractivity contribution in [1.29, 1.82) is 0 Å². The Morgan fingerprint density at radius 3 is 2.16 bits per heavy atom. The molecular formula is C22H26FNO. The molecule has 0 radical (unpaired) electrons. The van der Waals surface area contributed by atoms with Crippen LogP contribution in [-0.4, -0.2) is 22.1 Å². The van der Waals surface area contributed by atoms with Crippen molar-refractivity contribution in [3.8, 4) is 0 Å². The van der Waals surface area contributed by atoms with Crippen LogP contribution >= 0.6 is 0 Å². The number of halogens is 1. The Balaban J connectivity index is 1.58. The van der Waals surface area contributed by atoms with E-state index in [0.717, 1.165) is 37.8 Å². The fraction of sp³-hybridized carbons (Fsp3) is 0.455. The maximum Gasteiger partial charge on any atom is 0.129 e. The lowest BCUT2D eigenvalue weighted by molar-refractivity contribution is -0.0596. The van der Waals surface area contributed by atoms with Gasteiger partial charge in [0.05, 0.1) is 5.60 Å². The number of benzene rings is 2. The number of hydrogen-bond donors (Lipinski definition) is 1. The average Bonchev–Trinajstić information content (AvgIpc) is 2.84. The van der Waals surface area contributed by atoms with Crippen molar-refractivity contribution in [2.75, 3.05) is 0 Å². The number of aliphatic hydroxyl groups is 1. The highest BCUT2D eigenvalue weighted by atomic mass is 19.1. The lowest BCUT2D eigenvalue weighted by Crippen LogP contribution is -2.49. The standard InChI is InChI=1S/C22H26FNO/c1-15-10-18(11-16(2)21(15)23)22(25)12-19-8-9-20(13-22)24(19)14-17-6-4-3-5-7-17/h3-7,10-11,19-20,25H,8-9,12-14H2,1-2H3. The molecule has 25 heavy (non-hydrogen) atoms. The van der Waals surface area contributed by atoms with Crippen molar-refractivity contribution in [2.24, 2.45) is 0 Å². The minimum absolute atomic E-state index is 0.156. The zero-order valence-electron chi connectivity index (χ0n) is 15.0. The summed E-state index contributed by atoms with van der Waals surface area (Å²) >= 11 is 0. The van der Waals surface area contributed by atoms with E-state index in [2.05, 4.69) is 29.2 Å². The second-order valence-electron chi connectivity index (χ2n) is 7.91. The van der Waals surface area contributed by atoms with E-state index in [0.29, 0.717) is 23.2 Å². The van der Waals surface area contributed by atoms with Crippen LogP contribution in [0.15, 0.2) is 42.5 Å². The van der Waals surface area contributed by atoms with E-state index >= 15 is 0 Å². The minimum Gasteiger partial charge on any atom is -0.385 e. The lowest BCUT2D eigenvalue weighted by Gasteiger charge is -2.44. The molecule has 0 aromatic heterocycles. The number of rotatable bonds is 3. The first-order valence-corrected chi connectivity index (χ1v) is 9.25. The SMILES string of the molecule is Cc1cc(C2(O)CC3CCC(C2)N3Cc2ccccc2)cc(C)c1F. The second-order valence-corrected chi connectivity index (χ2v) is 7.91. The molecule has 0 spiro atoms. The predicted molar refractivity (Wildman–Crippen MR) is 97.8 cm³/mol. The second kappa shape index (κ2) is 6.22. The highest BCUT2D eigenvalue weighted by Crippen LogP contribution is 2.46. The predicted octanol–water partition coefficient (Wildman–Crippen LogP) is 4.46. The third-order valence-corrected chi connectivity index (χ3v) is 6.10. The molecule has 2 aromatic carbocycles. The molecule has 2 aliphatic rings. The summed E-state index contributed by atoms with van der Waals surface area (Å²) in [4.78, 5) is 2.56. The molecule has 2 saturated heterocycles. The summed E-state index contributed by atoms with van der Waals surface area (Å²) in [6.07, 6.45) is 3.75. The van der Waals surface area contributed by atoms with E-state index < -0.39 is 5.60 Å². The van der Waals surface area contributed by atoms with Crippen molar-refractivity contribution in [3.63, 3.8) is 0 Å². The molecule has 0 saturated carbocycles. The summed E-state index contributed by atoms with van der Waals surface area (Å²) in [5, 5.41) is 11.4. The van der Waals surface area contributed by atoms with Gasteiger partial charge in [-0.1, -0.05) is 42.5 Å². The van der Waals surface area contributed by atoms with Crippen LogP contribution in [0.25, 0.3) is 0 Å². The monoisotopic (exact) mass is 339 g/mol. The lowest BCUT2D eigenvalue weighted by atomic mass is 9.79. The fourth-order valence-electron chi connectivity index (χ4n) is 4.82. The molecular weight excluding hydrogens is 313 g/mol. The van der Waals surface area contributed by atoms with Gasteiger partial charge in [-0.05, 0) is 61.8 Å². The van der Waals surface area contributed by atoms with Crippen molar-refractivity contribution in [2.45, 2.75) is 63.8 Å². The maximum atomic E-state index is 14.0. The molecule has 1 N–H and O–H groups in total. The van der Waals surface area contributed by atoms with Gasteiger partial charge in [0, 0.05) is 18.6 Å². The Bertz CT molecular complexity index is 736. The zero-order chi connectivity index (χ0) is 17.6. The molecule has 2 nitrogen and oxygen atoms in total. The van der Waals surface area contributed by atoms with Crippen LogP contribution < -0.4 is 0 Å². The first-order valence-electron chi connectivity index (χ1n) is 9.25. The Morgan fingerprint density at radius 2 is 1.60 bits per heavy atom. The highest BCUT2D eigenvalue weighted by Gasteiger charge is 2.48. The molecule has 132 valence electrons. The number of piperidine rings is 1. The van der Waals surface area contributed by atoms with Gasteiger partial charge < -0.3 is 5.11 Å². The van der Waals surface area contributed by atoms with Crippen LogP contribution in [0, 0.1) is 19.7 Å². The van der Waals surface area contributed by atoms with Crippen LogP contribution in [0.4, 0.5) is 4.39 Å². The zero-order valence-corrected chi connectivity index (χ0v) is 15.0. The molecule has 4 rings (SSSR count). The molecule has 2 atom stereocenters. The normalized spacial score (nSPS) is 29.1. The van der Waals surface area contributed by atoms with Gasteiger partial charge in [-0.2, -0.15) is 0 Å². The van der Waals surface area contributed by atoms with Gasteiger partial charge in [0.25, 0.3) is 0 Å². The molecule has 2 unspecified atom stereocenters. The van der Waals surface area contributed by atoms with Crippen LogP contribution in [-0.2, 0) is 12.1 Å². The Kier molecular flexibility index (Phi) is 4.17. The third-order valence-electron chi connectivity index (χ3n) is 6.10. The van der Waals surface area contributed by atoms with Crippen molar-refractivity contribution in [3.05, 3.63) is 70.5 Å². The van der Waals surface area contributed by atoms with Crippen LogP contribution in [0.5, 0.6) is 0 Å². The van der Waals surface area contributed by atoms with E-state index in [1.54, 1.807) is 13.8 Å². The van der Waals surface area contributed by atoms with Gasteiger partial charge in [-0.25, -0.2) is 4.39 Å². The highest BCUT2D eigenvalue weighted by molar-refractivity contribution is 5.35. The number of hydrogen-bond acceptors (Lipinski definition) is 2. The molecule has 2 aliphatic heterocycles. The van der Waals surface area contributed by atoms with Gasteiger partial charge in [0.1, 0.15) is 5.82 Å². The minimum atomic E-state index is -0.831. The van der Waals surface area contributed by atoms with Gasteiger partial charge in [-0.3, -0.25) is 4.90 Å². The topological polar surface area (TPSA) is 23.5 Å². The molecule has 2 aromatic rings. The molecule has 0 amide bonds. The van der Waals surface area contributed by atoms with Crippen LogP contribution in [0.2, 0.25) is 0 Å². The Labute approximate surface area is 149 Å². The molecule has 3 heteroatoms. The van der Waals surface area contributed by atoms with E-state index in [4.69, 9.17) is 0 Å². The Hall–Kier alpha value is -1.71. The fourth-order valence-corrected chi connectivity index (χ4v) is 4.82. The first-order chi connectivity index (χ1) is 12.0. The summed E-state index contributed by atoms with van der Waals surface area (Å²) in [5.74, 6) is -0.156. The quantitative estimate of drug-likeness (QED) is 0.892. The number of nitrogens with zero attached hydrogens (tertiary/aromatic N) is 1. The first kappa shape index (κ1) is 16.7. The van der Waals surface area contributed by atoms with E-state index in [1.165, 1.54) is 5.56 Å².